The fourth-order valence-corrected chi connectivity index (χ4v) is 1.79. The largest absolute Gasteiger partial charge is 0.480 e. The summed E-state index contributed by atoms with van der Waals surface area (Å²) in [5.41, 5.74) is 6.22. The molecule has 0 spiro atoms. The molecule has 6 heteroatoms. The Bertz CT molecular complexity index is 487. The van der Waals surface area contributed by atoms with E-state index in [0.29, 0.717) is 6.42 Å². The maximum Gasteiger partial charge on any atom is 0.320 e. The van der Waals surface area contributed by atoms with Gasteiger partial charge in [0.15, 0.2) is 5.78 Å². The van der Waals surface area contributed by atoms with Crippen LogP contribution in [0, 0.1) is 0 Å². The average molecular weight is 278 g/mol. The molecule has 1 unspecified atom stereocenters. The number of nitrogens with two attached hydrogens (primary N) is 1. The van der Waals surface area contributed by atoms with Gasteiger partial charge in [-0.1, -0.05) is 30.3 Å². The highest BCUT2D eigenvalue weighted by molar-refractivity contribution is 5.92. The van der Waals surface area contributed by atoms with E-state index in [4.69, 9.17) is 10.8 Å². The number of amides is 1. The van der Waals surface area contributed by atoms with Crippen LogP contribution >= 0.6 is 0 Å². The number of benzene rings is 1. The lowest BCUT2D eigenvalue weighted by atomic mass is 9.98. The molecule has 108 valence electrons. The average Bonchev–Trinajstić information content (AvgIpc) is 2.38. The summed E-state index contributed by atoms with van der Waals surface area (Å²) in [6.45, 7) is 1.31. The number of carbonyl (C=O) groups is 3. The van der Waals surface area contributed by atoms with Crippen molar-refractivity contribution < 1.29 is 19.5 Å². The third-order valence-electron chi connectivity index (χ3n) is 2.79. The van der Waals surface area contributed by atoms with Crippen molar-refractivity contribution in [1.82, 2.24) is 5.32 Å². The SMILES string of the molecule is CC(=O)NC(Cc1ccccc1)C(=O)C[C@H](N)C(=O)O. The monoisotopic (exact) mass is 278 g/mol. The molecule has 0 aliphatic carbocycles. The Morgan fingerprint density at radius 3 is 2.35 bits per heavy atom. The van der Waals surface area contributed by atoms with Gasteiger partial charge in [-0.05, 0) is 12.0 Å². The summed E-state index contributed by atoms with van der Waals surface area (Å²) in [4.78, 5) is 33.9. The summed E-state index contributed by atoms with van der Waals surface area (Å²) in [5, 5.41) is 11.3. The van der Waals surface area contributed by atoms with Gasteiger partial charge >= 0.3 is 5.97 Å². The molecule has 1 aromatic carbocycles. The zero-order valence-corrected chi connectivity index (χ0v) is 11.2. The molecule has 0 heterocycles. The van der Waals surface area contributed by atoms with E-state index in [-0.39, 0.29) is 18.1 Å². The first kappa shape index (κ1) is 15.8. The van der Waals surface area contributed by atoms with Crippen LogP contribution in [0.3, 0.4) is 0 Å². The lowest BCUT2D eigenvalue weighted by Gasteiger charge is -2.18. The van der Waals surface area contributed by atoms with Crippen LogP contribution in [0.4, 0.5) is 0 Å². The Labute approximate surface area is 117 Å². The van der Waals surface area contributed by atoms with Crippen molar-refractivity contribution >= 4 is 17.7 Å². The molecule has 0 aromatic heterocycles. The number of Topliss-reactive ketones (excluding diaryl/α,β-unsaturated/α-hetero) is 1. The molecule has 1 amide bonds. The zero-order valence-electron chi connectivity index (χ0n) is 11.2. The number of hydrogen-bond donors (Lipinski definition) is 3. The van der Waals surface area contributed by atoms with Crippen molar-refractivity contribution in [2.45, 2.75) is 31.8 Å². The fraction of sp³-hybridized carbons (Fsp3) is 0.357. The van der Waals surface area contributed by atoms with Crippen molar-refractivity contribution in [2.75, 3.05) is 0 Å². The smallest absolute Gasteiger partial charge is 0.320 e. The zero-order chi connectivity index (χ0) is 15.1. The first-order valence-electron chi connectivity index (χ1n) is 6.22. The van der Waals surface area contributed by atoms with Crippen LogP contribution < -0.4 is 11.1 Å². The summed E-state index contributed by atoms with van der Waals surface area (Å²) < 4.78 is 0. The van der Waals surface area contributed by atoms with Crippen LogP contribution in [0.15, 0.2) is 30.3 Å². The second-order valence-electron chi connectivity index (χ2n) is 4.56. The third kappa shape index (κ3) is 5.19. The van der Waals surface area contributed by atoms with Gasteiger partial charge < -0.3 is 16.2 Å². The number of hydrogen-bond acceptors (Lipinski definition) is 4. The van der Waals surface area contributed by atoms with Gasteiger partial charge in [-0.15, -0.1) is 0 Å². The van der Waals surface area contributed by atoms with Gasteiger partial charge in [-0.25, -0.2) is 0 Å². The van der Waals surface area contributed by atoms with E-state index in [1.807, 2.05) is 30.3 Å². The number of rotatable bonds is 7. The standard InChI is InChI=1S/C14H18N2O4/c1-9(17)16-12(7-10-5-3-2-4-6-10)13(18)8-11(15)14(19)20/h2-6,11-12H,7-8,15H2,1H3,(H,16,17)(H,19,20)/t11-,12?/m0/s1. The molecule has 0 saturated carbocycles. The second-order valence-corrected chi connectivity index (χ2v) is 4.56. The first-order chi connectivity index (χ1) is 9.40. The number of nitrogens with one attached hydrogen (secondary N) is 1. The van der Waals surface area contributed by atoms with Gasteiger partial charge in [0.05, 0.1) is 6.04 Å². The highest BCUT2D eigenvalue weighted by atomic mass is 16.4. The van der Waals surface area contributed by atoms with Gasteiger partial charge in [0.25, 0.3) is 0 Å². The minimum Gasteiger partial charge on any atom is -0.480 e. The Morgan fingerprint density at radius 1 is 1.25 bits per heavy atom. The van der Waals surface area contributed by atoms with Crippen molar-refractivity contribution in [3.8, 4) is 0 Å². The van der Waals surface area contributed by atoms with Crippen molar-refractivity contribution in [3.63, 3.8) is 0 Å². The van der Waals surface area contributed by atoms with E-state index in [9.17, 15) is 14.4 Å². The Balaban J connectivity index is 2.75. The molecule has 6 nitrogen and oxygen atoms in total. The van der Waals surface area contributed by atoms with Gasteiger partial charge in [-0.3, -0.25) is 14.4 Å². The fourth-order valence-electron chi connectivity index (χ4n) is 1.79. The second kappa shape index (κ2) is 7.40. The van der Waals surface area contributed by atoms with E-state index in [0.717, 1.165) is 5.56 Å². The highest BCUT2D eigenvalue weighted by Crippen LogP contribution is 2.06. The van der Waals surface area contributed by atoms with Crippen LogP contribution in [0.2, 0.25) is 0 Å². The third-order valence-corrected chi connectivity index (χ3v) is 2.79. The molecule has 1 rings (SSSR count). The maximum atomic E-state index is 12.0. The van der Waals surface area contributed by atoms with Crippen LogP contribution in [0.25, 0.3) is 0 Å². The number of aliphatic carboxylic acids is 1. The molecular formula is C14H18N2O4. The van der Waals surface area contributed by atoms with E-state index in [1.54, 1.807) is 0 Å². The van der Waals surface area contributed by atoms with Gasteiger partial charge in [0, 0.05) is 13.3 Å². The molecule has 4 N–H and O–H groups in total. The summed E-state index contributed by atoms with van der Waals surface area (Å²) in [6.07, 6.45) is -0.00128. The van der Waals surface area contributed by atoms with Crippen LogP contribution in [0.5, 0.6) is 0 Å². The minimum atomic E-state index is -1.26. The first-order valence-corrected chi connectivity index (χ1v) is 6.22. The van der Waals surface area contributed by atoms with Crippen LogP contribution in [-0.4, -0.2) is 34.8 Å². The Hall–Kier alpha value is -2.21. The van der Waals surface area contributed by atoms with Gasteiger partial charge in [0.1, 0.15) is 6.04 Å². The predicted molar refractivity (Wildman–Crippen MR) is 73.0 cm³/mol. The van der Waals surface area contributed by atoms with E-state index < -0.39 is 18.1 Å². The molecule has 0 aliphatic heterocycles. The molecule has 0 radical (unpaired) electrons. The van der Waals surface area contributed by atoms with Crippen molar-refractivity contribution in [3.05, 3.63) is 35.9 Å². The summed E-state index contributed by atoms with van der Waals surface area (Å²) in [7, 11) is 0. The molecular weight excluding hydrogens is 260 g/mol. The van der Waals surface area contributed by atoms with Crippen molar-refractivity contribution in [2.24, 2.45) is 5.73 Å². The van der Waals surface area contributed by atoms with E-state index in [2.05, 4.69) is 5.32 Å². The number of ketones is 1. The lowest BCUT2D eigenvalue weighted by molar-refractivity contribution is -0.140. The Morgan fingerprint density at radius 2 is 1.85 bits per heavy atom. The molecule has 2 atom stereocenters. The molecule has 0 saturated heterocycles. The van der Waals surface area contributed by atoms with Crippen LogP contribution in [0.1, 0.15) is 18.9 Å². The van der Waals surface area contributed by atoms with Crippen LogP contribution in [-0.2, 0) is 20.8 Å². The molecule has 0 fully saturated rings. The topological polar surface area (TPSA) is 109 Å². The predicted octanol–water partition coefficient (Wildman–Crippen LogP) is 0.105. The lowest BCUT2D eigenvalue weighted by Crippen LogP contribution is -2.44. The number of carboxylic acid groups (broad SMARTS) is 1. The van der Waals surface area contributed by atoms with E-state index in [1.165, 1.54) is 6.92 Å². The Kier molecular flexibility index (Phi) is 5.86. The van der Waals surface area contributed by atoms with E-state index >= 15 is 0 Å². The highest BCUT2D eigenvalue weighted by Gasteiger charge is 2.24. The normalized spacial score (nSPS) is 13.3. The molecule has 0 bridgehead atoms. The molecule has 0 aliphatic rings. The van der Waals surface area contributed by atoms with Gasteiger partial charge in [-0.2, -0.15) is 0 Å². The van der Waals surface area contributed by atoms with Gasteiger partial charge in [0.2, 0.25) is 5.91 Å². The molecule has 1 aromatic rings. The number of carboxylic acids is 1. The summed E-state index contributed by atoms with van der Waals surface area (Å²) in [6, 6.07) is 7.15. The quantitative estimate of drug-likeness (QED) is 0.655. The molecule has 20 heavy (non-hydrogen) atoms. The van der Waals surface area contributed by atoms with Crippen molar-refractivity contribution in [1.29, 1.82) is 0 Å². The summed E-state index contributed by atoms with van der Waals surface area (Å²) >= 11 is 0. The summed E-state index contributed by atoms with van der Waals surface area (Å²) in [5.74, 6) is -1.97. The maximum absolute atomic E-state index is 12.0. The minimum absolute atomic E-state index is 0.311. The number of carbonyl (C=O) groups excluding carboxylic acids is 2.